The van der Waals surface area contributed by atoms with Crippen LogP contribution in [0, 0.1) is 5.41 Å². The molecule has 0 aromatic heterocycles. The summed E-state index contributed by atoms with van der Waals surface area (Å²) in [6, 6.07) is 10.5. The quantitative estimate of drug-likeness (QED) is 0.451. The van der Waals surface area contributed by atoms with E-state index in [1.165, 1.54) is 9.80 Å². The van der Waals surface area contributed by atoms with Gasteiger partial charge in [0.25, 0.3) is 0 Å². The smallest absolute Gasteiger partial charge is 0.311 e. The number of allylic oxidation sites excluding steroid dienone is 1. The molecule has 0 saturated heterocycles. The second kappa shape index (κ2) is 10.2. The number of benzene rings is 1. The summed E-state index contributed by atoms with van der Waals surface area (Å²) in [7, 11) is 0. The van der Waals surface area contributed by atoms with Crippen LogP contribution >= 0.6 is 11.8 Å². The van der Waals surface area contributed by atoms with Gasteiger partial charge < -0.3 is 9.47 Å². The molecule has 0 saturated carbocycles. The molecule has 1 aliphatic rings. The first-order valence-corrected chi connectivity index (χ1v) is 10.4. The highest BCUT2D eigenvalue weighted by Crippen LogP contribution is 2.33. The lowest BCUT2D eigenvalue weighted by Gasteiger charge is -2.26. The standard InChI is InChI=1S/C22H32O3S/c1-17-10-8-14-20(26-19-12-6-5-7-13-19)16-18(25-17)11-9-15-24-21(23)22(2,3)4/h5-7,12-14,17-18H,8-11,15-16H2,1-4H3/b20-14+/t17-,18+/m1/s1. The zero-order valence-electron chi connectivity index (χ0n) is 16.5. The molecule has 0 bridgehead atoms. The molecule has 1 heterocycles. The van der Waals surface area contributed by atoms with Gasteiger partial charge in [0.05, 0.1) is 24.2 Å². The topological polar surface area (TPSA) is 35.5 Å². The number of esters is 1. The minimum absolute atomic E-state index is 0.135. The highest BCUT2D eigenvalue weighted by molar-refractivity contribution is 8.03. The van der Waals surface area contributed by atoms with Crippen molar-refractivity contribution in [1.82, 2.24) is 0 Å². The number of carbonyl (C=O) groups is 1. The predicted octanol–water partition coefficient (Wildman–Crippen LogP) is 5.99. The zero-order chi connectivity index (χ0) is 19.0. The molecule has 2 rings (SSSR count). The lowest BCUT2D eigenvalue weighted by atomic mass is 9.97. The molecule has 1 aliphatic heterocycles. The van der Waals surface area contributed by atoms with Gasteiger partial charge in [-0.3, -0.25) is 4.79 Å². The Bertz CT molecular complexity index is 589. The number of thioether (sulfide) groups is 1. The van der Waals surface area contributed by atoms with Crippen LogP contribution in [0.1, 0.15) is 59.8 Å². The molecule has 0 radical (unpaired) electrons. The van der Waals surface area contributed by atoms with E-state index in [1.807, 2.05) is 38.6 Å². The molecule has 0 fully saturated rings. The number of ether oxygens (including phenoxy) is 2. The number of hydrogen-bond acceptors (Lipinski definition) is 4. The van der Waals surface area contributed by atoms with Crippen molar-refractivity contribution >= 4 is 17.7 Å². The van der Waals surface area contributed by atoms with E-state index in [4.69, 9.17) is 9.47 Å². The maximum atomic E-state index is 11.9. The van der Waals surface area contributed by atoms with E-state index < -0.39 is 5.41 Å². The average molecular weight is 377 g/mol. The Balaban J connectivity index is 1.86. The van der Waals surface area contributed by atoms with Gasteiger partial charge >= 0.3 is 5.97 Å². The van der Waals surface area contributed by atoms with Crippen molar-refractivity contribution in [3.63, 3.8) is 0 Å². The van der Waals surface area contributed by atoms with Gasteiger partial charge in [-0.2, -0.15) is 0 Å². The maximum absolute atomic E-state index is 11.9. The Morgan fingerprint density at radius 2 is 2.00 bits per heavy atom. The Kier molecular flexibility index (Phi) is 8.23. The molecule has 26 heavy (non-hydrogen) atoms. The van der Waals surface area contributed by atoms with Gasteiger partial charge in [0.15, 0.2) is 0 Å². The van der Waals surface area contributed by atoms with Gasteiger partial charge in [-0.05, 0) is 70.4 Å². The summed E-state index contributed by atoms with van der Waals surface area (Å²) in [6.45, 7) is 8.26. The van der Waals surface area contributed by atoms with E-state index in [-0.39, 0.29) is 18.2 Å². The maximum Gasteiger partial charge on any atom is 0.311 e. The second-order valence-electron chi connectivity index (χ2n) is 7.96. The first-order valence-electron chi connectivity index (χ1n) is 9.59. The van der Waals surface area contributed by atoms with Crippen molar-refractivity contribution in [1.29, 1.82) is 0 Å². The van der Waals surface area contributed by atoms with E-state index in [9.17, 15) is 4.79 Å². The van der Waals surface area contributed by atoms with Gasteiger partial charge in [0.2, 0.25) is 0 Å². The van der Waals surface area contributed by atoms with Crippen LogP contribution in [0.4, 0.5) is 0 Å². The molecule has 4 heteroatoms. The summed E-state index contributed by atoms with van der Waals surface area (Å²) in [5.74, 6) is -0.135. The van der Waals surface area contributed by atoms with E-state index in [0.717, 1.165) is 32.1 Å². The Labute approximate surface area is 162 Å². The first-order chi connectivity index (χ1) is 12.3. The molecule has 0 aliphatic carbocycles. The minimum atomic E-state index is -0.437. The van der Waals surface area contributed by atoms with Crippen molar-refractivity contribution in [2.24, 2.45) is 5.41 Å². The fraction of sp³-hybridized carbons (Fsp3) is 0.591. The van der Waals surface area contributed by atoms with E-state index in [2.05, 4.69) is 37.3 Å². The fourth-order valence-electron chi connectivity index (χ4n) is 2.82. The summed E-state index contributed by atoms with van der Waals surface area (Å²) in [6.07, 6.45) is 7.61. The summed E-state index contributed by atoms with van der Waals surface area (Å²) in [4.78, 5) is 14.5. The lowest BCUT2D eigenvalue weighted by molar-refractivity contribution is -0.153. The normalized spacial score (nSPS) is 23.5. The van der Waals surface area contributed by atoms with Crippen LogP contribution < -0.4 is 0 Å². The third kappa shape index (κ3) is 7.55. The van der Waals surface area contributed by atoms with Gasteiger partial charge in [0, 0.05) is 11.3 Å². The first kappa shape index (κ1) is 21.0. The third-order valence-corrected chi connectivity index (χ3v) is 5.41. The summed E-state index contributed by atoms with van der Waals surface area (Å²) >= 11 is 1.84. The van der Waals surface area contributed by atoms with Crippen LogP contribution in [-0.4, -0.2) is 24.8 Å². The zero-order valence-corrected chi connectivity index (χ0v) is 17.3. The molecule has 0 N–H and O–H groups in total. The van der Waals surface area contributed by atoms with Crippen molar-refractivity contribution in [2.75, 3.05) is 6.61 Å². The SMILES string of the molecule is C[C@@H]1CC/C=C(/Sc2ccccc2)C[C@H](CCCOC(=O)C(C)(C)C)O1. The van der Waals surface area contributed by atoms with E-state index >= 15 is 0 Å². The molecule has 1 aromatic rings. The molecule has 2 atom stereocenters. The highest BCUT2D eigenvalue weighted by Gasteiger charge is 2.23. The largest absolute Gasteiger partial charge is 0.465 e. The van der Waals surface area contributed by atoms with Crippen molar-refractivity contribution < 1.29 is 14.3 Å². The van der Waals surface area contributed by atoms with Crippen molar-refractivity contribution in [2.45, 2.75) is 76.9 Å². The summed E-state index contributed by atoms with van der Waals surface area (Å²) in [5.41, 5.74) is -0.437. The van der Waals surface area contributed by atoms with Crippen LogP contribution in [0.3, 0.4) is 0 Å². The van der Waals surface area contributed by atoms with Crippen molar-refractivity contribution in [3.8, 4) is 0 Å². The Morgan fingerprint density at radius 1 is 1.27 bits per heavy atom. The average Bonchev–Trinajstić information content (AvgIpc) is 2.56. The van der Waals surface area contributed by atoms with Gasteiger partial charge in [-0.25, -0.2) is 0 Å². The molecule has 1 aromatic carbocycles. The molecule has 3 nitrogen and oxygen atoms in total. The van der Waals surface area contributed by atoms with Gasteiger partial charge in [0.1, 0.15) is 0 Å². The van der Waals surface area contributed by atoms with Crippen LogP contribution in [-0.2, 0) is 14.3 Å². The molecule has 0 unspecified atom stereocenters. The third-order valence-electron chi connectivity index (χ3n) is 4.31. The second-order valence-corrected chi connectivity index (χ2v) is 9.16. The highest BCUT2D eigenvalue weighted by atomic mass is 32.2. The van der Waals surface area contributed by atoms with E-state index in [0.29, 0.717) is 6.61 Å². The van der Waals surface area contributed by atoms with Crippen LogP contribution in [0.5, 0.6) is 0 Å². The fourth-order valence-corrected chi connectivity index (χ4v) is 3.88. The minimum Gasteiger partial charge on any atom is -0.465 e. The number of hydrogen-bond donors (Lipinski definition) is 0. The lowest BCUT2D eigenvalue weighted by Crippen LogP contribution is -2.25. The summed E-state index contributed by atoms with van der Waals surface area (Å²) < 4.78 is 11.6. The number of rotatable bonds is 6. The molecule has 0 spiro atoms. The predicted molar refractivity (Wildman–Crippen MR) is 108 cm³/mol. The monoisotopic (exact) mass is 376 g/mol. The van der Waals surface area contributed by atoms with Crippen LogP contribution in [0.15, 0.2) is 46.2 Å². The Morgan fingerprint density at radius 3 is 2.69 bits per heavy atom. The van der Waals surface area contributed by atoms with Crippen molar-refractivity contribution in [3.05, 3.63) is 41.3 Å². The van der Waals surface area contributed by atoms with Crippen LogP contribution in [0.25, 0.3) is 0 Å². The summed E-state index contributed by atoms with van der Waals surface area (Å²) in [5, 5.41) is 0. The molecule has 0 amide bonds. The molecule has 144 valence electrons. The van der Waals surface area contributed by atoms with Crippen LogP contribution in [0.2, 0.25) is 0 Å². The van der Waals surface area contributed by atoms with Gasteiger partial charge in [-0.15, -0.1) is 0 Å². The number of carbonyl (C=O) groups excluding carboxylic acids is 1. The van der Waals surface area contributed by atoms with Gasteiger partial charge in [-0.1, -0.05) is 36.0 Å². The molecular formula is C22H32O3S. The molecular weight excluding hydrogens is 344 g/mol. The van der Waals surface area contributed by atoms with E-state index in [1.54, 1.807) is 0 Å². The Hall–Kier alpha value is -1.26.